The molecule has 72 valence electrons. The number of H-pyrrole nitrogens is 1. The normalized spacial score (nSPS) is 15.7. The Kier molecular flexibility index (Phi) is 4.86. The summed E-state index contributed by atoms with van der Waals surface area (Å²) >= 11 is 0. The molecule has 0 radical (unpaired) electrons. The van der Waals surface area contributed by atoms with Crippen LogP contribution < -0.4 is 10.9 Å². The molecule has 1 aliphatic rings. The van der Waals surface area contributed by atoms with Crippen molar-refractivity contribution in [2.45, 2.75) is 19.3 Å². The Bertz CT molecular complexity index is 239. The topological polar surface area (TPSA) is 57.8 Å². The van der Waals surface area contributed by atoms with Gasteiger partial charge in [0.15, 0.2) is 0 Å². The van der Waals surface area contributed by atoms with E-state index < -0.39 is 0 Å². The van der Waals surface area contributed by atoms with Crippen LogP contribution in [0.25, 0.3) is 0 Å². The van der Waals surface area contributed by atoms with Gasteiger partial charge in [0, 0.05) is 12.4 Å². The molecule has 13 heavy (non-hydrogen) atoms. The van der Waals surface area contributed by atoms with Crippen molar-refractivity contribution < 1.29 is 0 Å². The van der Waals surface area contributed by atoms with Gasteiger partial charge in [-0.25, -0.2) is 0 Å². The summed E-state index contributed by atoms with van der Waals surface area (Å²) in [6.07, 6.45) is 8.44. The van der Waals surface area contributed by atoms with Gasteiger partial charge in [-0.2, -0.15) is 0 Å². The maximum Gasteiger partial charge on any atom is 0.266 e. The van der Waals surface area contributed by atoms with Gasteiger partial charge in [0.05, 0.1) is 6.20 Å². The van der Waals surface area contributed by atoms with Crippen LogP contribution in [0.1, 0.15) is 19.3 Å². The molecular formula is C9H15N3O. The molecular weight excluding hydrogens is 166 g/mol. The molecule has 0 atom stereocenters. The fourth-order valence-corrected chi connectivity index (χ4v) is 1.11. The first kappa shape index (κ1) is 9.92. The van der Waals surface area contributed by atoms with Crippen molar-refractivity contribution in [1.29, 1.82) is 0 Å². The van der Waals surface area contributed by atoms with Crippen molar-refractivity contribution in [3.05, 3.63) is 28.9 Å². The molecule has 0 aliphatic carbocycles. The van der Waals surface area contributed by atoms with Crippen LogP contribution in [0.4, 0.5) is 0 Å². The Morgan fingerprint density at radius 3 is 2.23 bits per heavy atom. The predicted octanol–water partition coefficient (Wildman–Crippen LogP) is 0.530. The van der Waals surface area contributed by atoms with Gasteiger partial charge in [0.1, 0.15) is 0 Å². The molecule has 0 saturated carbocycles. The highest BCUT2D eigenvalue weighted by Gasteiger charge is 1.93. The molecule has 1 aromatic rings. The van der Waals surface area contributed by atoms with Crippen molar-refractivity contribution in [3.63, 3.8) is 0 Å². The lowest BCUT2D eigenvalue weighted by Crippen LogP contribution is -2.21. The molecule has 0 aromatic carbocycles. The van der Waals surface area contributed by atoms with Crippen molar-refractivity contribution in [2.24, 2.45) is 0 Å². The predicted molar refractivity (Wildman–Crippen MR) is 51.6 cm³/mol. The standard InChI is InChI=1S/C5H11N.C4H4N2O/c1-2-4-6-5-3-1;7-4-3-5-1-2-6-4/h6H,1-5H2;1-3H,(H,6,7). The second kappa shape index (κ2) is 6.37. The van der Waals surface area contributed by atoms with Gasteiger partial charge < -0.3 is 10.3 Å². The molecule has 1 aromatic heterocycles. The Hall–Kier alpha value is -1.16. The minimum Gasteiger partial charge on any atom is -0.326 e. The first-order chi connectivity index (χ1) is 6.39. The van der Waals surface area contributed by atoms with Crippen LogP contribution in [0.2, 0.25) is 0 Å². The van der Waals surface area contributed by atoms with Gasteiger partial charge in [-0.3, -0.25) is 9.78 Å². The average Bonchev–Trinajstić information content (AvgIpc) is 2.22. The number of hydrogen-bond donors (Lipinski definition) is 2. The highest BCUT2D eigenvalue weighted by atomic mass is 16.1. The Balaban J connectivity index is 0.000000132. The number of nitrogens with one attached hydrogen (secondary N) is 2. The van der Waals surface area contributed by atoms with E-state index in [9.17, 15) is 4.79 Å². The molecule has 0 bridgehead atoms. The van der Waals surface area contributed by atoms with Crippen LogP contribution in [0.5, 0.6) is 0 Å². The van der Waals surface area contributed by atoms with E-state index in [4.69, 9.17) is 0 Å². The van der Waals surface area contributed by atoms with E-state index in [0.29, 0.717) is 0 Å². The van der Waals surface area contributed by atoms with E-state index in [1.165, 1.54) is 50.9 Å². The minimum absolute atomic E-state index is 0.164. The minimum atomic E-state index is -0.164. The molecule has 1 fully saturated rings. The van der Waals surface area contributed by atoms with E-state index in [1.807, 2.05) is 0 Å². The number of hydrogen-bond acceptors (Lipinski definition) is 3. The molecule has 0 unspecified atom stereocenters. The van der Waals surface area contributed by atoms with Crippen LogP contribution >= 0.6 is 0 Å². The number of nitrogens with zero attached hydrogens (tertiary/aromatic N) is 1. The zero-order valence-electron chi connectivity index (χ0n) is 7.62. The zero-order valence-corrected chi connectivity index (χ0v) is 7.62. The number of aromatic amines is 1. The number of piperidine rings is 1. The smallest absolute Gasteiger partial charge is 0.266 e. The van der Waals surface area contributed by atoms with Crippen molar-refractivity contribution in [3.8, 4) is 0 Å². The van der Waals surface area contributed by atoms with Gasteiger partial charge in [0.2, 0.25) is 0 Å². The number of rotatable bonds is 0. The van der Waals surface area contributed by atoms with Gasteiger partial charge in [-0.1, -0.05) is 6.42 Å². The molecule has 1 aliphatic heterocycles. The van der Waals surface area contributed by atoms with Crippen LogP contribution in [0, 0.1) is 0 Å². The monoisotopic (exact) mass is 181 g/mol. The molecule has 2 rings (SSSR count). The highest BCUT2D eigenvalue weighted by Crippen LogP contribution is 1.96. The van der Waals surface area contributed by atoms with Crippen LogP contribution in [0.15, 0.2) is 23.4 Å². The third-order valence-electron chi connectivity index (χ3n) is 1.79. The lowest BCUT2D eigenvalue weighted by Gasteiger charge is -2.08. The zero-order chi connectivity index (χ0) is 9.36. The highest BCUT2D eigenvalue weighted by molar-refractivity contribution is 4.73. The van der Waals surface area contributed by atoms with E-state index in [1.54, 1.807) is 0 Å². The van der Waals surface area contributed by atoms with Gasteiger partial charge >= 0.3 is 0 Å². The average molecular weight is 181 g/mol. The fourth-order valence-electron chi connectivity index (χ4n) is 1.11. The summed E-state index contributed by atoms with van der Waals surface area (Å²) in [7, 11) is 0. The molecule has 4 heteroatoms. The van der Waals surface area contributed by atoms with Crippen LogP contribution in [-0.2, 0) is 0 Å². The van der Waals surface area contributed by atoms with Gasteiger partial charge in [-0.15, -0.1) is 0 Å². The van der Waals surface area contributed by atoms with E-state index >= 15 is 0 Å². The van der Waals surface area contributed by atoms with Gasteiger partial charge in [0.25, 0.3) is 5.56 Å². The molecule has 4 nitrogen and oxygen atoms in total. The third kappa shape index (κ3) is 5.14. The van der Waals surface area contributed by atoms with Gasteiger partial charge in [-0.05, 0) is 25.9 Å². The van der Waals surface area contributed by atoms with E-state index in [-0.39, 0.29) is 5.56 Å². The first-order valence-corrected chi connectivity index (χ1v) is 4.59. The molecule has 0 amide bonds. The lowest BCUT2D eigenvalue weighted by atomic mass is 10.2. The Labute approximate surface area is 77.4 Å². The number of aromatic nitrogens is 2. The molecule has 2 heterocycles. The fraction of sp³-hybridized carbons (Fsp3) is 0.556. The van der Waals surface area contributed by atoms with Crippen molar-refractivity contribution >= 4 is 0 Å². The Morgan fingerprint density at radius 1 is 1.23 bits per heavy atom. The van der Waals surface area contributed by atoms with E-state index in [2.05, 4.69) is 15.3 Å². The summed E-state index contributed by atoms with van der Waals surface area (Å²) in [5.74, 6) is 0. The summed E-state index contributed by atoms with van der Waals surface area (Å²) in [5, 5.41) is 3.28. The molecule has 2 N–H and O–H groups in total. The Morgan fingerprint density at radius 2 is 2.00 bits per heavy atom. The molecule has 0 spiro atoms. The second-order valence-electron chi connectivity index (χ2n) is 2.91. The summed E-state index contributed by atoms with van der Waals surface area (Å²) in [5.41, 5.74) is -0.164. The first-order valence-electron chi connectivity index (χ1n) is 4.59. The summed E-state index contributed by atoms with van der Waals surface area (Å²) in [6.45, 7) is 2.50. The summed E-state index contributed by atoms with van der Waals surface area (Å²) in [4.78, 5) is 16.1. The third-order valence-corrected chi connectivity index (χ3v) is 1.79. The van der Waals surface area contributed by atoms with E-state index in [0.717, 1.165) is 0 Å². The lowest BCUT2D eigenvalue weighted by molar-refractivity contribution is 0.520. The summed E-state index contributed by atoms with van der Waals surface area (Å²) in [6, 6.07) is 0. The SMILES string of the molecule is C1CCNCC1.O=c1cncc[nH]1. The maximum atomic E-state index is 10.2. The van der Waals surface area contributed by atoms with Crippen LogP contribution in [-0.4, -0.2) is 23.1 Å². The molecule has 1 saturated heterocycles. The second-order valence-corrected chi connectivity index (χ2v) is 2.91. The van der Waals surface area contributed by atoms with Crippen molar-refractivity contribution in [1.82, 2.24) is 15.3 Å². The largest absolute Gasteiger partial charge is 0.326 e. The maximum absolute atomic E-state index is 10.2. The van der Waals surface area contributed by atoms with Crippen LogP contribution in [0.3, 0.4) is 0 Å². The quantitative estimate of drug-likeness (QED) is 0.614. The van der Waals surface area contributed by atoms with Crippen molar-refractivity contribution in [2.75, 3.05) is 13.1 Å². The summed E-state index contributed by atoms with van der Waals surface area (Å²) < 4.78 is 0.